The molecule has 21 heavy (non-hydrogen) atoms. The molecule has 1 saturated heterocycles. The van der Waals surface area contributed by atoms with Crippen molar-refractivity contribution in [3.8, 4) is 11.5 Å². The summed E-state index contributed by atoms with van der Waals surface area (Å²) >= 11 is 0. The molecule has 0 radical (unpaired) electrons. The van der Waals surface area contributed by atoms with Crippen LogP contribution in [0.5, 0.6) is 11.5 Å². The smallest absolute Gasteiger partial charge is 0.410 e. The van der Waals surface area contributed by atoms with Crippen LogP contribution in [0.25, 0.3) is 0 Å². The van der Waals surface area contributed by atoms with Gasteiger partial charge in [0.2, 0.25) is 16.8 Å². The zero-order valence-electron chi connectivity index (χ0n) is 11.2. The summed E-state index contributed by atoms with van der Waals surface area (Å²) < 4.78 is 42.1. The highest BCUT2D eigenvalue weighted by Gasteiger charge is 2.29. The van der Waals surface area contributed by atoms with Crippen molar-refractivity contribution in [3.63, 3.8) is 0 Å². The first kappa shape index (κ1) is 14.0. The first-order valence-electron chi connectivity index (χ1n) is 6.27. The van der Waals surface area contributed by atoms with Crippen LogP contribution in [-0.2, 0) is 14.8 Å². The quantitative estimate of drug-likeness (QED) is 0.850. The number of benzene rings is 1. The molecular formula is C12H14N2O6S. The van der Waals surface area contributed by atoms with Gasteiger partial charge in [-0.2, -0.15) is 0 Å². The monoisotopic (exact) mass is 314 g/mol. The molecule has 1 fully saturated rings. The number of sulfonamides is 1. The summed E-state index contributed by atoms with van der Waals surface area (Å²) in [5, 5.41) is 0. The van der Waals surface area contributed by atoms with Crippen LogP contribution in [0.15, 0.2) is 23.1 Å². The number of ether oxygens (including phenoxy) is 3. The molecule has 0 bridgehead atoms. The lowest BCUT2D eigenvalue weighted by Gasteiger charge is -2.10. The Morgan fingerprint density at radius 2 is 2.10 bits per heavy atom. The van der Waals surface area contributed by atoms with Crippen LogP contribution in [0.3, 0.4) is 0 Å². The van der Waals surface area contributed by atoms with Gasteiger partial charge in [0, 0.05) is 19.7 Å². The number of amides is 1. The molecule has 1 unspecified atom stereocenters. The summed E-state index contributed by atoms with van der Waals surface area (Å²) in [5.74, 6) is 0.908. The van der Waals surface area contributed by atoms with E-state index in [0.717, 1.165) is 0 Å². The number of likely N-dealkylation sites (N-methyl/N-ethyl adjacent to an activating group) is 1. The van der Waals surface area contributed by atoms with Gasteiger partial charge in [0.15, 0.2) is 11.5 Å². The number of hydrogen-bond acceptors (Lipinski definition) is 6. The first-order valence-corrected chi connectivity index (χ1v) is 7.75. The molecule has 0 aromatic heterocycles. The van der Waals surface area contributed by atoms with Gasteiger partial charge in [-0.1, -0.05) is 0 Å². The summed E-state index contributed by atoms with van der Waals surface area (Å²) in [5.41, 5.74) is 0. The highest BCUT2D eigenvalue weighted by atomic mass is 32.2. The van der Waals surface area contributed by atoms with E-state index < -0.39 is 22.2 Å². The van der Waals surface area contributed by atoms with Gasteiger partial charge in [-0.25, -0.2) is 17.9 Å². The third-order valence-electron chi connectivity index (χ3n) is 3.21. The highest BCUT2D eigenvalue weighted by Crippen LogP contribution is 2.33. The molecule has 1 atom stereocenters. The minimum absolute atomic E-state index is 0.0207. The lowest BCUT2D eigenvalue weighted by molar-refractivity contribution is 0.135. The lowest BCUT2D eigenvalue weighted by atomic mass is 10.3. The molecule has 114 valence electrons. The van der Waals surface area contributed by atoms with Crippen molar-refractivity contribution in [2.75, 3.05) is 26.9 Å². The Labute approximate surface area is 121 Å². The maximum absolute atomic E-state index is 12.2. The third kappa shape index (κ3) is 2.74. The van der Waals surface area contributed by atoms with Crippen molar-refractivity contribution in [1.82, 2.24) is 9.62 Å². The maximum atomic E-state index is 12.2. The summed E-state index contributed by atoms with van der Waals surface area (Å²) in [6, 6.07) is 4.38. The Balaban J connectivity index is 1.68. The molecule has 1 aromatic rings. The number of rotatable bonds is 4. The van der Waals surface area contributed by atoms with E-state index in [4.69, 9.17) is 14.2 Å². The van der Waals surface area contributed by atoms with E-state index in [2.05, 4.69) is 4.72 Å². The van der Waals surface area contributed by atoms with E-state index in [0.29, 0.717) is 18.0 Å². The molecule has 2 aliphatic heterocycles. The van der Waals surface area contributed by atoms with Crippen molar-refractivity contribution in [2.24, 2.45) is 0 Å². The van der Waals surface area contributed by atoms with Gasteiger partial charge in [0.1, 0.15) is 6.10 Å². The second kappa shape index (κ2) is 5.08. The predicted molar refractivity (Wildman–Crippen MR) is 70.7 cm³/mol. The number of cyclic esters (lactones) is 1. The fourth-order valence-corrected chi connectivity index (χ4v) is 3.17. The molecule has 2 heterocycles. The van der Waals surface area contributed by atoms with Crippen LogP contribution in [0.1, 0.15) is 0 Å². The summed E-state index contributed by atoms with van der Waals surface area (Å²) in [6.45, 7) is 0.450. The Kier molecular flexibility index (Phi) is 3.38. The molecule has 1 amide bonds. The van der Waals surface area contributed by atoms with Gasteiger partial charge in [-0.05, 0) is 12.1 Å². The summed E-state index contributed by atoms with van der Waals surface area (Å²) in [6.07, 6.45) is -0.950. The number of hydrogen-bond donors (Lipinski definition) is 1. The van der Waals surface area contributed by atoms with E-state index in [1.165, 1.54) is 17.0 Å². The van der Waals surface area contributed by atoms with Crippen molar-refractivity contribution >= 4 is 16.1 Å². The SMILES string of the molecule is CN1CC(CNS(=O)(=O)c2ccc3c(c2)OCO3)OC1=O. The fraction of sp³-hybridized carbons (Fsp3) is 0.417. The molecule has 0 aliphatic carbocycles. The highest BCUT2D eigenvalue weighted by molar-refractivity contribution is 7.89. The van der Waals surface area contributed by atoms with Gasteiger partial charge in [0.25, 0.3) is 0 Å². The van der Waals surface area contributed by atoms with Gasteiger partial charge >= 0.3 is 6.09 Å². The molecule has 8 nitrogen and oxygen atoms in total. The minimum Gasteiger partial charge on any atom is -0.454 e. The molecule has 1 N–H and O–H groups in total. The Bertz CT molecular complexity index is 674. The Hall–Kier alpha value is -2.00. The number of nitrogens with zero attached hydrogens (tertiary/aromatic N) is 1. The predicted octanol–water partition coefficient (Wildman–Crippen LogP) is 0.144. The Morgan fingerprint density at radius 3 is 2.81 bits per heavy atom. The molecule has 2 aliphatic rings. The molecule has 0 saturated carbocycles. The van der Waals surface area contributed by atoms with Crippen LogP contribution in [0.2, 0.25) is 0 Å². The van der Waals surface area contributed by atoms with Crippen molar-refractivity contribution in [1.29, 1.82) is 0 Å². The topological polar surface area (TPSA) is 94.2 Å². The average Bonchev–Trinajstić information content (AvgIpc) is 3.03. The largest absolute Gasteiger partial charge is 0.454 e. The molecular weight excluding hydrogens is 300 g/mol. The van der Waals surface area contributed by atoms with Gasteiger partial charge < -0.3 is 19.1 Å². The van der Waals surface area contributed by atoms with Crippen molar-refractivity contribution < 1.29 is 27.4 Å². The second-order valence-electron chi connectivity index (χ2n) is 4.75. The standard InChI is InChI=1S/C12H14N2O6S/c1-14-6-8(20-12(14)15)5-13-21(16,17)9-2-3-10-11(4-9)19-7-18-10/h2-4,8,13H,5-7H2,1H3. The molecule has 1 aromatic carbocycles. The number of carbonyl (C=O) groups excluding carboxylic acids is 1. The van der Waals surface area contributed by atoms with Crippen LogP contribution >= 0.6 is 0 Å². The lowest BCUT2D eigenvalue weighted by Crippen LogP contribution is -2.34. The average molecular weight is 314 g/mol. The summed E-state index contributed by atoms with van der Waals surface area (Å²) in [7, 11) is -2.11. The first-order chi connectivity index (χ1) is 9.95. The van der Waals surface area contributed by atoms with Crippen LogP contribution < -0.4 is 14.2 Å². The zero-order chi connectivity index (χ0) is 15.0. The number of nitrogens with one attached hydrogen (secondary N) is 1. The van der Waals surface area contributed by atoms with Crippen LogP contribution in [0.4, 0.5) is 4.79 Å². The molecule has 0 spiro atoms. The van der Waals surface area contributed by atoms with Gasteiger partial charge in [-0.3, -0.25) is 0 Å². The Morgan fingerprint density at radius 1 is 1.33 bits per heavy atom. The normalized spacial score (nSPS) is 20.7. The van der Waals surface area contributed by atoms with Gasteiger partial charge in [0.05, 0.1) is 11.4 Å². The third-order valence-corrected chi connectivity index (χ3v) is 4.63. The minimum atomic E-state index is -3.70. The van der Waals surface area contributed by atoms with E-state index in [9.17, 15) is 13.2 Å². The van der Waals surface area contributed by atoms with Crippen molar-refractivity contribution in [3.05, 3.63) is 18.2 Å². The second-order valence-corrected chi connectivity index (χ2v) is 6.52. The van der Waals surface area contributed by atoms with Crippen molar-refractivity contribution in [2.45, 2.75) is 11.0 Å². The van der Waals surface area contributed by atoms with Crippen LogP contribution in [0, 0.1) is 0 Å². The van der Waals surface area contributed by atoms with Gasteiger partial charge in [-0.15, -0.1) is 0 Å². The molecule has 9 heteroatoms. The number of carbonyl (C=O) groups is 1. The van der Waals surface area contributed by atoms with E-state index >= 15 is 0 Å². The fourth-order valence-electron chi connectivity index (χ4n) is 2.09. The maximum Gasteiger partial charge on any atom is 0.410 e. The van der Waals surface area contributed by atoms with E-state index in [1.807, 2.05) is 0 Å². The summed E-state index contributed by atoms with van der Waals surface area (Å²) in [4.78, 5) is 12.7. The van der Waals surface area contributed by atoms with Crippen LogP contribution in [-0.4, -0.2) is 52.4 Å². The zero-order valence-corrected chi connectivity index (χ0v) is 12.1. The molecule has 3 rings (SSSR count). The number of fused-ring (bicyclic) bond motifs is 1. The van der Waals surface area contributed by atoms with E-state index in [1.54, 1.807) is 13.1 Å². The van der Waals surface area contributed by atoms with E-state index in [-0.39, 0.29) is 18.2 Å².